The van der Waals surface area contributed by atoms with Crippen LogP contribution < -0.4 is 0 Å². The molecule has 7 heteroatoms. The second-order valence-electron chi connectivity index (χ2n) is 11.7. The summed E-state index contributed by atoms with van der Waals surface area (Å²) >= 11 is 0. The lowest BCUT2D eigenvalue weighted by atomic mass is 9.66. The van der Waals surface area contributed by atoms with E-state index < -0.39 is 15.9 Å². The molecule has 5 rings (SSSR count). The largest absolute Gasteiger partial charge is 0.379 e. The SMILES string of the molecule is CC(C)(C)c1ccc([SH](C)(=O)N2CC=C3CC4(CC[C@]3(CN3CCOCC3)C2)OCCO4)cc1. The smallest absolute Gasteiger partial charge is 0.172 e. The van der Waals surface area contributed by atoms with E-state index >= 15 is 0 Å². The van der Waals surface area contributed by atoms with E-state index in [0.29, 0.717) is 19.8 Å². The summed E-state index contributed by atoms with van der Waals surface area (Å²) in [6.07, 6.45) is 7.02. The fraction of sp³-hybridized carbons (Fsp3) is 0.704. The number of ether oxygens (including phenoxy) is 3. The van der Waals surface area contributed by atoms with Crippen LogP contribution in [0.4, 0.5) is 0 Å². The first-order chi connectivity index (χ1) is 16.1. The molecule has 1 aliphatic carbocycles. The molecule has 0 amide bonds. The molecule has 2 saturated heterocycles. The number of hydrogen-bond donors (Lipinski definition) is 1. The van der Waals surface area contributed by atoms with Crippen LogP contribution in [0.5, 0.6) is 0 Å². The van der Waals surface area contributed by atoms with E-state index in [-0.39, 0.29) is 10.8 Å². The van der Waals surface area contributed by atoms with Gasteiger partial charge in [0.2, 0.25) is 0 Å². The summed E-state index contributed by atoms with van der Waals surface area (Å²) in [4.78, 5) is 3.49. The third-order valence-electron chi connectivity index (χ3n) is 8.35. The molecule has 0 unspecified atom stereocenters. The van der Waals surface area contributed by atoms with Gasteiger partial charge < -0.3 is 14.2 Å². The lowest BCUT2D eigenvalue weighted by molar-refractivity contribution is -0.180. The zero-order valence-corrected chi connectivity index (χ0v) is 22.2. The molecule has 1 spiro atoms. The van der Waals surface area contributed by atoms with Crippen LogP contribution in [0.15, 0.2) is 40.8 Å². The molecule has 1 atom stereocenters. The Kier molecular flexibility index (Phi) is 6.58. The van der Waals surface area contributed by atoms with E-state index in [1.807, 2.05) is 6.26 Å². The summed E-state index contributed by atoms with van der Waals surface area (Å²) in [5.74, 6) is -0.443. The number of fused-ring (bicyclic) bond motifs is 1. The van der Waals surface area contributed by atoms with Crippen LogP contribution in [0, 0.1) is 5.41 Å². The first-order valence-electron chi connectivity index (χ1n) is 12.8. The normalized spacial score (nSPS) is 29.1. The number of benzene rings is 1. The highest BCUT2D eigenvalue weighted by molar-refractivity contribution is 8.00. The third-order valence-corrected chi connectivity index (χ3v) is 11.0. The van der Waals surface area contributed by atoms with Gasteiger partial charge in [-0.1, -0.05) is 44.6 Å². The van der Waals surface area contributed by atoms with Crippen LogP contribution in [0.3, 0.4) is 0 Å². The second kappa shape index (κ2) is 9.09. The van der Waals surface area contributed by atoms with Gasteiger partial charge in [-0.25, -0.2) is 4.31 Å². The summed E-state index contributed by atoms with van der Waals surface area (Å²) in [5, 5.41) is 0. The maximum absolute atomic E-state index is 14.3. The molecule has 3 fully saturated rings. The Labute approximate surface area is 206 Å². The molecule has 3 aliphatic heterocycles. The molecule has 0 radical (unpaired) electrons. The Balaban J connectivity index is 1.42. The standard InChI is InChI=1S/C27H42N2O4S/c1-25(2,3)22-5-7-24(8-6-22)34(4,30)29-12-9-23-19-27(32-17-18-33-27)11-10-26(23,21-29)20-28-13-15-31-16-14-28/h5-9,34H,10-21H2,1-4H3/t26-/m0/s1. The van der Waals surface area contributed by atoms with Gasteiger partial charge in [0.25, 0.3) is 0 Å². The maximum atomic E-state index is 14.3. The van der Waals surface area contributed by atoms with E-state index in [2.05, 4.69) is 60.3 Å². The summed E-state index contributed by atoms with van der Waals surface area (Å²) in [7, 11) is -2.70. The molecule has 0 bridgehead atoms. The van der Waals surface area contributed by atoms with Gasteiger partial charge in [0.15, 0.2) is 5.79 Å². The lowest BCUT2D eigenvalue weighted by Crippen LogP contribution is -2.57. The van der Waals surface area contributed by atoms with Crippen LogP contribution in [-0.4, -0.2) is 84.6 Å². The topological polar surface area (TPSA) is 51.2 Å². The third kappa shape index (κ3) is 4.67. The van der Waals surface area contributed by atoms with Crippen molar-refractivity contribution in [3.05, 3.63) is 41.5 Å². The molecule has 1 saturated carbocycles. The molecule has 34 heavy (non-hydrogen) atoms. The van der Waals surface area contributed by atoms with Crippen LogP contribution >= 0.6 is 0 Å². The maximum Gasteiger partial charge on any atom is 0.172 e. The summed E-state index contributed by atoms with van der Waals surface area (Å²) < 4.78 is 34.4. The molecular weight excluding hydrogens is 448 g/mol. The average molecular weight is 491 g/mol. The van der Waals surface area contributed by atoms with Gasteiger partial charge in [0.1, 0.15) is 0 Å². The summed E-state index contributed by atoms with van der Waals surface area (Å²) in [5.41, 5.74) is 2.78. The molecule has 4 aliphatic rings. The Hall–Kier alpha value is -1.09. The average Bonchev–Trinajstić information content (AvgIpc) is 3.27. The van der Waals surface area contributed by atoms with Crippen molar-refractivity contribution in [2.24, 2.45) is 5.41 Å². The highest BCUT2D eigenvalue weighted by atomic mass is 32.3. The predicted octanol–water partition coefficient (Wildman–Crippen LogP) is 3.39. The quantitative estimate of drug-likeness (QED) is 0.518. The first kappa shape index (κ1) is 24.6. The first-order valence-corrected chi connectivity index (χ1v) is 14.9. The number of hydrogen-bond acceptors (Lipinski definition) is 5. The molecule has 6 nitrogen and oxygen atoms in total. The minimum atomic E-state index is -2.70. The van der Waals surface area contributed by atoms with Crippen molar-refractivity contribution in [3.63, 3.8) is 0 Å². The van der Waals surface area contributed by atoms with E-state index in [1.165, 1.54) is 11.1 Å². The molecule has 1 aromatic rings. The minimum Gasteiger partial charge on any atom is -0.379 e. The second-order valence-corrected chi connectivity index (χ2v) is 14.5. The van der Waals surface area contributed by atoms with Crippen molar-refractivity contribution in [1.29, 1.82) is 0 Å². The fourth-order valence-corrected chi connectivity index (χ4v) is 8.07. The lowest BCUT2D eigenvalue weighted by Gasteiger charge is -2.53. The highest BCUT2D eigenvalue weighted by Crippen LogP contribution is 2.51. The van der Waals surface area contributed by atoms with Gasteiger partial charge >= 0.3 is 0 Å². The van der Waals surface area contributed by atoms with Crippen molar-refractivity contribution in [1.82, 2.24) is 9.21 Å². The Morgan fingerprint density at radius 2 is 1.68 bits per heavy atom. The van der Waals surface area contributed by atoms with Crippen LogP contribution in [0.1, 0.15) is 45.6 Å². The van der Waals surface area contributed by atoms with E-state index in [9.17, 15) is 4.21 Å². The monoisotopic (exact) mass is 490 g/mol. The number of nitrogens with zero attached hydrogens (tertiary/aromatic N) is 2. The van der Waals surface area contributed by atoms with Crippen molar-refractivity contribution in [3.8, 4) is 0 Å². The summed E-state index contributed by atoms with van der Waals surface area (Å²) in [6, 6.07) is 8.48. The molecular formula is C27H42N2O4S. The van der Waals surface area contributed by atoms with Gasteiger partial charge in [-0.15, -0.1) is 0 Å². The highest BCUT2D eigenvalue weighted by Gasteiger charge is 2.52. The van der Waals surface area contributed by atoms with Gasteiger partial charge in [0.05, 0.1) is 26.4 Å². The Morgan fingerprint density at radius 1 is 1.00 bits per heavy atom. The van der Waals surface area contributed by atoms with Crippen molar-refractivity contribution >= 4 is 10.1 Å². The molecule has 3 heterocycles. The number of thiol groups is 1. The van der Waals surface area contributed by atoms with Crippen LogP contribution in [0.25, 0.3) is 0 Å². The van der Waals surface area contributed by atoms with Gasteiger partial charge in [-0.3, -0.25) is 9.11 Å². The van der Waals surface area contributed by atoms with Gasteiger partial charge in [0, 0.05) is 62.1 Å². The minimum absolute atomic E-state index is 0.0207. The van der Waals surface area contributed by atoms with Crippen LogP contribution in [-0.2, 0) is 29.7 Å². The van der Waals surface area contributed by atoms with Gasteiger partial charge in [-0.2, -0.15) is 0 Å². The zero-order chi connectivity index (χ0) is 24.0. The zero-order valence-electron chi connectivity index (χ0n) is 21.3. The predicted molar refractivity (Wildman–Crippen MR) is 137 cm³/mol. The number of morpholine rings is 1. The van der Waals surface area contributed by atoms with Crippen LogP contribution in [0.2, 0.25) is 0 Å². The van der Waals surface area contributed by atoms with E-state index in [1.54, 1.807) is 0 Å². The van der Waals surface area contributed by atoms with E-state index in [4.69, 9.17) is 14.2 Å². The fourth-order valence-electron chi connectivity index (χ4n) is 6.11. The Bertz CT molecular complexity index is 958. The molecule has 0 N–H and O–H groups in total. The van der Waals surface area contributed by atoms with Crippen molar-refractivity contribution < 1.29 is 18.4 Å². The van der Waals surface area contributed by atoms with Crippen molar-refractivity contribution in [2.75, 3.05) is 65.4 Å². The molecule has 190 valence electrons. The number of rotatable bonds is 4. The Morgan fingerprint density at radius 3 is 2.32 bits per heavy atom. The van der Waals surface area contributed by atoms with Gasteiger partial charge in [-0.05, 0) is 39.7 Å². The van der Waals surface area contributed by atoms with Crippen molar-refractivity contribution in [2.45, 2.75) is 56.1 Å². The van der Waals surface area contributed by atoms with E-state index in [0.717, 1.165) is 63.6 Å². The molecule has 1 aromatic carbocycles. The summed E-state index contributed by atoms with van der Waals surface area (Å²) in [6.45, 7) is 14.0. The molecule has 0 aromatic heterocycles.